The molecule has 0 aliphatic carbocycles. The first-order valence-corrected chi connectivity index (χ1v) is 4.04. The molecule has 4 nitrogen and oxygen atoms in total. The monoisotopic (exact) mass is 182 g/mol. The molecule has 2 aromatic heterocycles. The van der Waals surface area contributed by atoms with E-state index in [0.29, 0.717) is 5.15 Å². The molecule has 0 aliphatic heterocycles. The molecule has 12 heavy (non-hydrogen) atoms. The van der Waals surface area contributed by atoms with Crippen molar-refractivity contribution < 1.29 is 0 Å². The van der Waals surface area contributed by atoms with Crippen molar-refractivity contribution in [2.75, 3.05) is 0 Å². The Hall–Kier alpha value is -1.16. The molecule has 2 aromatic rings. The van der Waals surface area contributed by atoms with Crippen molar-refractivity contribution in [3.63, 3.8) is 0 Å². The van der Waals surface area contributed by atoms with E-state index in [1.54, 1.807) is 10.8 Å². The van der Waals surface area contributed by atoms with Gasteiger partial charge >= 0.3 is 0 Å². The number of aryl methyl sites for hydroxylation is 1. The van der Waals surface area contributed by atoms with Gasteiger partial charge in [0.1, 0.15) is 6.33 Å². The average molecular weight is 183 g/mol. The van der Waals surface area contributed by atoms with Gasteiger partial charge in [-0.05, 0) is 12.5 Å². The van der Waals surface area contributed by atoms with Crippen LogP contribution in [0.15, 0.2) is 12.4 Å². The van der Waals surface area contributed by atoms with Gasteiger partial charge in [-0.25, -0.2) is 0 Å². The summed E-state index contributed by atoms with van der Waals surface area (Å²) in [5.41, 5.74) is 1.84. The molecule has 2 rings (SSSR count). The number of aromatic nitrogens is 4. The minimum absolute atomic E-state index is 0.471. The Morgan fingerprint density at radius 2 is 2.42 bits per heavy atom. The van der Waals surface area contributed by atoms with Crippen LogP contribution in [-0.4, -0.2) is 19.8 Å². The van der Waals surface area contributed by atoms with Gasteiger partial charge in [0.15, 0.2) is 10.8 Å². The lowest BCUT2D eigenvalue weighted by Gasteiger charge is -1.98. The topological polar surface area (TPSA) is 43.1 Å². The molecule has 62 valence electrons. The standard InChI is InChI=1S/C7H7ClN4/c1-2-5-3-6(8)11-12-4-9-10-7(5)12/h3-4H,2H2,1H3. The quantitative estimate of drug-likeness (QED) is 0.669. The molecule has 0 radical (unpaired) electrons. The van der Waals surface area contributed by atoms with Crippen LogP contribution in [0, 0.1) is 0 Å². The first-order valence-electron chi connectivity index (χ1n) is 3.66. The Labute approximate surface area is 74.2 Å². The molecular weight excluding hydrogens is 176 g/mol. The Kier molecular flexibility index (Phi) is 1.69. The predicted octanol–water partition coefficient (Wildman–Crippen LogP) is 1.34. The van der Waals surface area contributed by atoms with E-state index >= 15 is 0 Å². The van der Waals surface area contributed by atoms with Crippen LogP contribution in [0.2, 0.25) is 5.15 Å². The minimum atomic E-state index is 0.471. The van der Waals surface area contributed by atoms with Crippen molar-refractivity contribution in [3.8, 4) is 0 Å². The number of hydrogen-bond donors (Lipinski definition) is 0. The summed E-state index contributed by atoms with van der Waals surface area (Å²) in [6, 6.07) is 1.81. The number of halogens is 1. The molecule has 2 heterocycles. The highest BCUT2D eigenvalue weighted by Gasteiger charge is 2.03. The fourth-order valence-corrected chi connectivity index (χ4v) is 1.33. The van der Waals surface area contributed by atoms with Crippen molar-refractivity contribution in [2.45, 2.75) is 13.3 Å². The molecule has 0 aliphatic rings. The van der Waals surface area contributed by atoms with Crippen molar-refractivity contribution in [1.29, 1.82) is 0 Å². The fourth-order valence-electron chi connectivity index (χ4n) is 1.11. The summed E-state index contributed by atoms with van der Waals surface area (Å²) in [7, 11) is 0. The van der Waals surface area contributed by atoms with Crippen molar-refractivity contribution in [2.24, 2.45) is 0 Å². The summed E-state index contributed by atoms with van der Waals surface area (Å²) >= 11 is 5.77. The van der Waals surface area contributed by atoms with Crippen molar-refractivity contribution >= 4 is 17.2 Å². The number of rotatable bonds is 1. The highest BCUT2D eigenvalue weighted by atomic mass is 35.5. The lowest BCUT2D eigenvalue weighted by Crippen LogP contribution is -1.95. The van der Waals surface area contributed by atoms with E-state index in [0.717, 1.165) is 17.6 Å². The van der Waals surface area contributed by atoms with E-state index in [1.165, 1.54) is 0 Å². The predicted molar refractivity (Wildman–Crippen MR) is 45.2 cm³/mol. The summed E-state index contributed by atoms with van der Waals surface area (Å²) in [5.74, 6) is 0. The van der Waals surface area contributed by atoms with Gasteiger partial charge in [-0.15, -0.1) is 10.2 Å². The lowest BCUT2D eigenvalue weighted by molar-refractivity contribution is 0.910. The van der Waals surface area contributed by atoms with Gasteiger partial charge in [0, 0.05) is 5.56 Å². The van der Waals surface area contributed by atoms with Gasteiger partial charge in [0.2, 0.25) is 0 Å². The third-order valence-corrected chi connectivity index (χ3v) is 1.88. The first-order chi connectivity index (χ1) is 5.81. The first kappa shape index (κ1) is 7.49. The van der Waals surface area contributed by atoms with Gasteiger partial charge < -0.3 is 0 Å². The van der Waals surface area contributed by atoms with E-state index in [9.17, 15) is 0 Å². The second-order valence-electron chi connectivity index (χ2n) is 2.44. The van der Waals surface area contributed by atoms with Gasteiger partial charge in [-0.2, -0.15) is 9.61 Å². The van der Waals surface area contributed by atoms with E-state index in [1.807, 2.05) is 13.0 Å². The Morgan fingerprint density at radius 1 is 1.58 bits per heavy atom. The second-order valence-corrected chi connectivity index (χ2v) is 2.83. The zero-order chi connectivity index (χ0) is 8.55. The molecule has 0 bridgehead atoms. The van der Waals surface area contributed by atoms with Crippen LogP contribution in [0.4, 0.5) is 0 Å². The number of hydrogen-bond acceptors (Lipinski definition) is 3. The normalized spacial score (nSPS) is 10.8. The SMILES string of the molecule is CCc1cc(Cl)nn2cnnc12. The molecule has 0 unspecified atom stereocenters. The molecule has 5 heteroatoms. The zero-order valence-electron chi connectivity index (χ0n) is 6.53. The van der Waals surface area contributed by atoms with E-state index in [2.05, 4.69) is 15.3 Å². The third kappa shape index (κ3) is 1.04. The molecule has 0 N–H and O–H groups in total. The van der Waals surface area contributed by atoms with Crippen LogP contribution in [-0.2, 0) is 6.42 Å². The van der Waals surface area contributed by atoms with Crippen LogP contribution < -0.4 is 0 Å². The summed E-state index contributed by atoms with van der Waals surface area (Å²) in [4.78, 5) is 0. The second kappa shape index (κ2) is 2.71. The molecule has 0 saturated carbocycles. The van der Waals surface area contributed by atoms with Crippen LogP contribution >= 0.6 is 11.6 Å². The summed E-state index contributed by atoms with van der Waals surface area (Å²) in [6.07, 6.45) is 2.42. The Morgan fingerprint density at radius 3 is 3.17 bits per heavy atom. The molecule has 0 spiro atoms. The number of nitrogens with zero attached hydrogens (tertiary/aromatic N) is 4. The van der Waals surface area contributed by atoms with Gasteiger partial charge in [0.25, 0.3) is 0 Å². The van der Waals surface area contributed by atoms with Gasteiger partial charge in [0.05, 0.1) is 0 Å². The zero-order valence-corrected chi connectivity index (χ0v) is 7.28. The van der Waals surface area contributed by atoms with Crippen LogP contribution in [0.5, 0.6) is 0 Å². The van der Waals surface area contributed by atoms with Crippen LogP contribution in [0.3, 0.4) is 0 Å². The van der Waals surface area contributed by atoms with Crippen LogP contribution in [0.1, 0.15) is 12.5 Å². The molecule has 0 saturated heterocycles. The van der Waals surface area contributed by atoms with Crippen molar-refractivity contribution in [3.05, 3.63) is 23.1 Å². The third-order valence-electron chi connectivity index (χ3n) is 1.70. The van der Waals surface area contributed by atoms with E-state index < -0.39 is 0 Å². The van der Waals surface area contributed by atoms with E-state index in [-0.39, 0.29) is 0 Å². The summed E-state index contributed by atoms with van der Waals surface area (Å²) in [6.45, 7) is 2.04. The molecule has 0 atom stereocenters. The molecule has 0 amide bonds. The maximum Gasteiger partial charge on any atom is 0.180 e. The van der Waals surface area contributed by atoms with Gasteiger partial charge in [-0.3, -0.25) is 0 Å². The smallest absolute Gasteiger partial charge is 0.180 e. The highest BCUT2D eigenvalue weighted by Crippen LogP contribution is 2.12. The molecule has 0 aromatic carbocycles. The maximum absolute atomic E-state index is 5.77. The lowest BCUT2D eigenvalue weighted by atomic mass is 10.2. The molecular formula is C7H7ClN4. The summed E-state index contributed by atoms with van der Waals surface area (Å²) < 4.78 is 1.58. The fraction of sp³-hybridized carbons (Fsp3) is 0.286. The van der Waals surface area contributed by atoms with Gasteiger partial charge in [-0.1, -0.05) is 18.5 Å². The Balaban J connectivity index is 2.80. The maximum atomic E-state index is 5.77. The summed E-state index contributed by atoms with van der Waals surface area (Å²) in [5, 5.41) is 12.1. The Bertz CT molecular complexity index is 409. The van der Waals surface area contributed by atoms with Crippen LogP contribution in [0.25, 0.3) is 5.65 Å². The highest BCUT2D eigenvalue weighted by molar-refractivity contribution is 6.29. The minimum Gasteiger partial charge on any atom is -0.199 e. The molecule has 0 fully saturated rings. The number of fused-ring (bicyclic) bond motifs is 1. The largest absolute Gasteiger partial charge is 0.199 e. The van der Waals surface area contributed by atoms with E-state index in [4.69, 9.17) is 11.6 Å². The average Bonchev–Trinajstić information content (AvgIpc) is 2.50. The van der Waals surface area contributed by atoms with Crippen molar-refractivity contribution in [1.82, 2.24) is 19.8 Å².